The van der Waals surface area contributed by atoms with E-state index in [0.717, 1.165) is 12.8 Å². The van der Waals surface area contributed by atoms with Gasteiger partial charge in [-0.1, -0.05) is 5.21 Å². The molecule has 1 fully saturated rings. The molecular weight excluding hydrogens is 204 g/mol. The number of aromatic nitrogens is 3. The zero-order valence-electron chi connectivity index (χ0n) is 8.40. The molecule has 0 bridgehead atoms. The molecule has 0 aliphatic heterocycles. The van der Waals surface area contributed by atoms with Crippen molar-refractivity contribution in [3.63, 3.8) is 0 Å². The smallest absolute Gasteiger partial charge is 0.282 e. The highest BCUT2D eigenvalue weighted by Crippen LogP contribution is 2.40. The molecule has 0 amide bonds. The molecule has 0 radical (unpaired) electrons. The Bertz CT molecular complexity index is 349. The maximum absolute atomic E-state index is 12.7. The Labute approximate surface area is 85.9 Å². The lowest BCUT2D eigenvalue weighted by Crippen LogP contribution is -2.13. The summed E-state index contributed by atoms with van der Waals surface area (Å²) in [6.45, 7) is 1.37. The van der Waals surface area contributed by atoms with Crippen molar-refractivity contribution in [3.05, 3.63) is 11.4 Å². The molecule has 6 heteroatoms. The molecule has 1 aliphatic carbocycles. The Balaban J connectivity index is 2.32. The fraction of sp³-hybridized carbons (Fsp3) is 0.778. The predicted octanol–water partition coefficient (Wildman–Crippen LogP) is 1.68. The van der Waals surface area contributed by atoms with Gasteiger partial charge in [0.2, 0.25) is 0 Å². The van der Waals surface area contributed by atoms with E-state index in [0.29, 0.717) is 5.92 Å². The molecule has 1 atom stereocenters. The zero-order chi connectivity index (χ0) is 11.0. The molecular formula is C9H13F2N3O. The van der Waals surface area contributed by atoms with Crippen molar-refractivity contribution >= 4 is 0 Å². The number of rotatable bonds is 4. The molecule has 0 spiro atoms. The van der Waals surface area contributed by atoms with Gasteiger partial charge in [0.25, 0.3) is 6.43 Å². The van der Waals surface area contributed by atoms with E-state index >= 15 is 0 Å². The fourth-order valence-corrected chi connectivity index (χ4v) is 1.75. The molecule has 15 heavy (non-hydrogen) atoms. The zero-order valence-corrected chi connectivity index (χ0v) is 8.40. The fourth-order valence-electron chi connectivity index (χ4n) is 1.75. The SMILES string of the molecule is CC(C1CC1)n1nnc(CO)c1C(F)F. The molecule has 1 heterocycles. The number of halogens is 2. The minimum atomic E-state index is -2.64. The summed E-state index contributed by atoms with van der Waals surface area (Å²) in [5.74, 6) is 0.427. The first-order valence-electron chi connectivity index (χ1n) is 4.98. The number of alkyl halides is 2. The van der Waals surface area contributed by atoms with Crippen LogP contribution in [0.2, 0.25) is 0 Å². The van der Waals surface area contributed by atoms with Gasteiger partial charge in [0.15, 0.2) is 0 Å². The Morgan fingerprint density at radius 3 is 2.67 bits per heavy atom. The molecule has 1 unspecified atom stereocenters. The highest BCUT2D eigenvalue weighted by Gasteiger charge is 2.33. The molecule has 0 aromatic carbocycles. The van der Waals surface area contributed by atoms with Crippen LogP contribution in [0.15, 0.2) is 0 Å². The van der Waals surface area contributed by atoms with Crippen LogP contribution in [-0.4, -0.2) is 20.1 Å². The standard InChI is InChI=1S/C9H13F2N3O/c1-5(6-2-3-6)14-8(9(10)11)7(4-15)12-13-14/h5-6,9,15H,2-4H2,1H3. The van der Waals surface area contributed by atoms with Crippen molar-refractivity contribution in [2.24, 2.45) is 5.92 Å². The summed E-state index contributed by atoms with van der Waals surface area (Å²) in [6, 6.07) is -0.0539. The van der Waals surface area contributed by atoms with Crippen LogP contribution in [0.4, 0.5) is 8.78 Å². The van der Waals surface area contributed by atoms with E-state index in [2.05, 4.69) is 10.3 Å². The molecule has 4 nitrogen and oxygen atoms in total. The third kappa shape index (κ3) is 1.86. The minimum absolute atomic E-state index is 0.0162. The number of aliphatic hydroxyl groups is 1. The molecule has 2 rings (SSSR count). The number of hydrogen-bond donors (Lipinski definition) is 1. The summed E-state index contributed by atoms with van der Waals surface area (Å²) in [5, 5.41) is 16.1. The third-order valence-electron chi connectivity index (χ3n) is 2.85. The summed E-state index contributed by atoms with van der Waals surface area (Å²) in [4.78, 5) is 0. The van der Waals surface area contributed by atoms with Gasteiger partial charge in [0.1, 0.15) is 11.4 Å². The summed E-state index contributed by atoms with van der Waals surface area (Å²) < 4.78 is 26.7. The lowest BCUT2D eigenvalue weighted by Gasteiger charge is -2.13. The van der Waals surface area contributed by atoms with Crippen LogP contribution in [0.25, 0.3) is 0 Å². The molecule has 84 valence electrons. The van der Waals surface area contributed by atoms with E-state index in [4.69, 9.17) is 5.11 Å². The largest absolute Gasteiger partial charge is 0.390 e. The second-order valence-electron chi connectivity index (χ2n) is 3.90. The Hall–Kier alpha value is -1.04. The van der Waals surface area contributed by atoms with E-state index in [1.807, 2.05) is 6.92 Å². The van der Waals surface area contributed by atoms with Crippen molar-refractivity contribution in [2.45, 2.75) is 38.8 Å². The van der Waals surface area contributed by atoms with Crippen molar-refractivity contribution in [2.75, 3.05) is 0 Å². The summed E-state index contributed by atoms with van der Waals surface area (Å²) in [7, 11) is 0. The first-order valence-corrected chi connectivity index (χ1v) is 4.98. The highest BCUT2D eigenvalue weighted by atomic mass is 19.3. The van der Waals surface area contributed by atoms with Crippen LogP contribution in [0.1, 0.15) is 43.6 Å². The van der Waals surface area contributed by atoms with E-state index in [1.54, 1.807) is 0 Å². The Kier molecular flexibility index (Phi) is 2.68. The van der Waals surface area contributed by atoms with E-state index in [9.17, 15) is 8.78 Å². The van der Waals surface area contributed by atoms with E-state index < -0.39 is 13.0 Å². The Morgan fingerprint density at radius 1 is 1.53 bits per heavy atom. The van der Waals surface area contributed by atoms with Gasteiger partial charge in [-0.15, -0.1) is 5.10 Å². The van der Waals surface area contributed by atoms with Gasteiger partial charge in [-0.25, -0.2) is 13.5 Å². The molecule has 1 aromatic rings. The summed E-state index contributed by atoms with van der Waals surface area (Å²) in [6.07, 6.45) is -0.528. The average molecular weight is 217 g/mol. The van der Waals surface area contributed by atoms with Gasteiger partial charge in [-0.3, -0.25) is 0 Å². The van der Waals surface area contributed by atoms with Crippen LogP contribution < -0.4 is 0 Å². The quantitative estimate of drug-likeness (QED) is 0.834. The molecule has 1 N–H and O–H groups in total. The van der Waals surface area contributed by atoms with Gasteiger partial charge >= 0.3 is 0 Å². The maximum atomic E-state index is 12.7. The molecule has 1 saturated carbocycles. The average Bonchev–Trinajstić information content (AvgIpc) is 2.95. The van der Waals surface area contributed by atoms with E-state index in [-0.39, 0.29) is 17.4 Å². The van der Waals surface area contributed by atoms with Crippen LogP contribution in [0.5, 0.6) is 0 Å². The van der Waals surface area contributed by atoms with Crippen LogP contribution in [-0.2, 0) is 6.61 Å². The van der Waals surface area contributed by atoms with Crippen LogP contribution in [0, 0.1) is 5.92 Å². The van der Waals surface area contributed by atoms with Gasteiger partial charge in [-0.2, -0.15) is 0 Å². The van der Waals surface area contributed by atoms with Crippen molar-refractivity contribution in [3.8, 4) is 0 Å². The number of hydrogen-bond acceptors (Lipinski definition) is 3. The maximum Gasteiger partial charge on any atom is 0.282 e. The molecule has 1 aromatic heterocycles. The topological polar surface area (TPSA) is 50.9 Å². The van der Waals surface area contributed by atoms with Crippen LogP contribution in [0.3, 0.4) is 0 Å². The lowest BCUT2D eigenvalue weighted by atomic mass is 10.2. The van der Waals surface area contributed by atoms with Crippen LogP contribution >= 0.6 is 0 Å². The predicted molar refractivity (Wildman–Crippen MR) is 48.3 cm³/mol. The number of aliphatic hydroxyl groups excluding tert-OH is 1. The summed E-state index contributed by atoms with van der Waals surface area (Å²) >= 11 is 0. The first kappa shape index (κ1) is 10.5. The van der Waals surface area contributed by atoms with Gasteiger partial charge < -0.3 is 5.11 Å². The molecule has 1 aliphatic rings. The van der Waals surface area contributed by atoms with Crippen molar-refractivity contribution in [1.29, 1.82) is 0 Å². The lowest BCUT2D eigenvalue weighted by molar-refractivity contribution is 0.131. The second kappa shape index (κ2) is 3.84. The second-order valence-corrected chi connectivity index (χ2v) is 3.90. The van der Waals surface area contributed by atoms with Gasteiger partial charge in [-0.05, 0) is 25.7 Å². The highest BCUT2D eigenvalue weighted by molar-refractivity contribution is 5.12. The Morgan fingerprint density at radius 2 is 2.20 bits per heavy atom. The monoisotopic (exact) mass is 217 g/mol. The minimum Gasteiger partial charge on any atom is -0.390 e. The summed E-state index contributed by atoms with van der Waals surface area (Å²) in [5.41, 5.74) is -0.255. The normalized spacial score (nSPS) is 18.5. The van der Waals surface area contributed by atoms with E-state index in [1.165, 1.54) is 4.68 Å². The first-order chi connectivity index (χ1) is 7.15. The van der Waals surface area contributed by atoms with Gasteiger partial charge in [0, 0.05) is 0 Å². The van der Waals surface area contributed by atoms with Gasteiger partial charge in [0.05, 0.1) is 12.6 Å². The number of nitrogens with zero attached hydrogens (tertiary/aromatic N) is 3. The third-order valence-corrected chi connectivity index (χ3v) is 2.85. The molecule has 0 saturated heterocycles. The van der Waals surface area contributed by atoms with Crippen molar-refractivity contribution in [1.82, 2.24) is 15.0 Å². The van der Waals surface area contributed by atoms with Crippen molar-refractivity contribution < 1.29 is 13.9 Å².